The summed E-state index contributed by atoms with van der Waals surface area (Å²) >= 11 is 3.26. The zero-order chi connectivity index (χ0) is 21.0. The van der Waals surface area contributed by atoms with Gasteiger partial charge in [-0.15, -0.1) is 0 Å². The van der Waals surface area contributed by atoms with Crippen LogP contribution in [0.3, 0.4) is 0 Å². The molecular formula is C18H23BrN2O7S. The van der Waals surface area contributed by atoms with Gasteiger partial charge in [-0.1, -0.05) is 0 Å². The number of carbonyl (C=O) groups is 2. The summed E-state index contributed by atoms with van der Waals surface area (Å²) in [6.45, 7) is 4.43. The lowest BCUT2D eigenvalue weighted by Gasteiger charge is -2.29. The molecule has 160 valence electrons. The van der Waals surface area contributed by atoms with Crippen LogP contribution in [0.2, 0.25) is 0 Å². The van der Waals surface area contributed by atoms with Crippen LogP contribution < -0.4 is 0 Å². The number of halogens is 1. The SMILES string of the molecule is C[C@H](OC(=O)c1cc(S(=O)(=O)N2CCOCC2)ccc1Br)C(=O)N1CCOCC1. The Hall–Kier alpha value is -1.53. The quantitative estimate of drug-likeness (QED) is 0.564. The van der Waals surface area contributed by atoms with E-state index in [-0.39, 0.29) is 29.5 Å². The molecular weight excluding hydrogens is 468 g/mol. The highest BCUT2D eigenvalue weighted by Crippen LogP contribution is 2.25. The molecule has 1 aromatic carbocycles. The molecule has 2 heterocycles. The zero-order valence-corrected chi connectivity index (χ0v) is 18.4. The highest BCUT2D eigenvalue weighted by atomic mass is 79.9. The third-order valence-corrected chi connectivity index (χ3v) is 7.31. The van der Waals surface area contributed by atoms with Crippen molar-refractivity contribution >= 4 is 37.8 Å². The largest absolute Gasteiger partial charge is 0.449 e. The summed E-state index contributed by atoms with van der Waals surface area (Å²) in [5.74, 6) is -1.08. The van der Waals surface area contributed by atoms with Crippen LogP contribution in [0.4, 0.5) is 0 Å². The van der Waals surface area contributed by atoms with Crippen molar-refractivity contribution in [2.24, 2.45) is 0 Å². The summed E-state index contributed by atoms with van der Waals surface area (Å²) in [5, 5.41) is 0. The molecule has 9 nitrogen and oxygen atoms in total. The van der Waals surface area contributed by atoms with E-state index in [2.05, 4.69) is 15.9 Å². The number of hydrogen-bond donors (Lipinski definition) is 0. The van der Waals surface area contributed by atoms with Gasteiger partial charge < -0.3 is 19.1 Å². The molecule has 2 aliphatic rings. The predicted octanol–water partition coefficient (Wildman–Crippen LogP) is 0.874. The van der Waals surface area contributed by atoms with Crippen LogP contribution in [-0.2, 0) is 29.0 Å². The lowest BCUT2D eigenvalue weighted by molar-refractivity contribution is -0.143. The number of ether oxygens (including phenoxy) is 3. The average molecular weight is 491 g/mol. The molecule has 0 aliphatic carbocycles. The number of rotatable bonds is 5. The Labute approximate surface area is 178 Å². The number of esters is 1. The Balaban J connectivity index is 1.74. The van der Waals surface area contributed by atoms with Crippen LogP contribution >= 0.6 is 15.9 Å². The van der Waals surface area contributed by atoms with Crippen molar-refractivity contribution in [2.75, 3.05) is 52.6 Å². The van der Waals surface area contributed by atoms with Crippen LogP contribution in [0.15, 0.2) is 27.6 Å². The van der Waals surface area contributed by atoms with Gasteiger partial charge in [-0.3, -0.25) is 4.79 Å². The number of benzene rings is 1. The Kier molecular flexibility index (Phi) is 7.28. The van der Waals surface area contributed by atoms with Gasteiger partial charge in [0.15, 0.2) is 6.10 Å². The smallest absolute Gasteiger partial charge is 0.340 e. The second kappa shape index (κ2) is 9.52. The second-order valence-electron chi connectivity index (χ2n) is 6.64. The minimum Gasteiger partial charge on any atom is -0.449 e. The lowest BCUT2D eigenvalue weighted by atomic mass is 10.2. The van der Waals surface area contributed by atoms with Crippen molar-refractivity contribution in [3.63, 3.8) is 0 Å². The fourth-order valence-electron chi connectivity index (χ4n) is 3.07. The molecule has 0 N–H and O–H groups in total. The fraction of sp³-hybridized carbons (Fsp3) is 0.556. The molecule has 1 amide bonds. The molecule has 0 saturated carbocycles. The molecule has 2 fully saturated rings. The molecule has 0 radical (unpaired) electrons. The monoisotopic (exact) mass is 490 g/mol. The van der Waals surface area contributed by atoms with Crippen LogP contribution in [0.5, 0.6) is 0 Å². The maximum Gasteiger partial charge on any atom is 0.340 e. The number of hydrogen-bond acceptors (Lipinski definition) is 7. The first kappa shape index (κ1) is 22.2. The van der Waals surface area contributed by atoms with Crippen LogP contribution in [0.1, 0.15) is 17.3 Å². The zero-order valence-electron chi connectivity index (χ0n) is 16.0. The maximum atomic E-state index is 12.8. The molecule has 29 heavy (non-hydrogen) atoms. The van der Waals surface area contributed by atoms with Crippen molar-refractivity contribution in [3.8, 4) is 0 Å². The van der Waals surface area contributed by atoms with Crippen molar-refractivity contribution in [3.05, 3.63) is 28.2 Å². The third kappa shape index (κ3) is 5.15. The van der Waals surface area contributed by atoms with Crippen molar-refractivity contribution < 1.29 is 32.2 Å². The number of carbonyl (C=O) groups excluding carboxylic acids is 2. The molecule has 0 bridgehead atoms. The molecule has 1 atom stereocenters. The van der Waals surface area contributed by atoms with Crippen LogP contribution in [0.25, 0.3) is 0 Å². The van der Waals surface area contributed by atoms with Gasteiger partial charge >= 0.3 is 5.97 Å². The summed E-state index contributed by atoms with van der Waals surface area (Å²) in [6.07, 6.45) is -0.994. The first-order valence-corrected chi connectivity index (χ1v) is 11.5. The molecule has 11 heteroatoms. The topological polar surface area (TPSA) is 102 Å². The molecule has 1 aromatic rings. The Morgan fingerprint density at radius 3 is 2.28 bits per heavy atom. The normalized spacial score (nSPS) is 19.6. The van der Waals surface area contributed by atoms with Crippen LogP contribution in [0, 0.1) is 0 Å². The van der Waals surface area contributed by atoms with Crippen molar-refractivity contribution in [1.82, 2.24) is 9.21 Å². The van der Waals surface area contributed by atoms with E-state index in [0.29, 0.717) is 44.0 Å². The summed E-state index contributed by atoms with van der Waals surface area (Å²) < 4.78 is 43.1. The molecule has 0 spiro atoms. The molecule has 3 rings (SSSR count). The van der Waals surface area contributed by atoms with E-state index in [0.717, 1.165) is 0 Å². The highest BCUT2D eigenvalue weighted by Gasteiger charge is 2.29. The average Bonchev–Trinajstić information content (AvgIpc) is 2.74. The van der Waals surface area contributed by atoms with Gasteiger partial charge in [-0.05, 0) is 41.1 Å². The van der Waals surface area contributed by atoms with E-state index in [1.165, 1.54) is 29.4 Å². The van der Waals surface area contributed by atoms with Gasteiger partial charge in [0.2, 0.25) is 10.0 Å². The number of morpholine rings is 2. The number of amides is 1. The number of nitrogens with zero attached hydrogens (tertiary/aromatic N) is 2. The van der Waals surface area contributed by atoms with Crippen LogP contribution in [-0.4, -0.2) is 88.2 Å². The van der Waals surface area contributed by atoms with E-state index in [9.17, 15) is 18.0 Å². The third-order valence-electron chi connectivity index (χ3n) is 4.72. The molecule has 2 aliphatic heterocycles. The minimum absolute atomic E-state index is 0.0123. The van der Waals surface area contributed by atoms with Crippen molar-refractivity contribution in [2.45, 2.75) is 17.9 Å². The van der Waals surface area contributed by atoms with E-state index in [1.54, 1.807) is 4.90 Å². The molecule has 0 unspecified atom stereocenters. The Morgan fingerprint density at radius 2 is 1.66 bits per heavy atom. The summed E-state index contributed by atoms with van der Waals surface area (Å²) in [4.78, 5) is 26.7. The summed E-state index contributed by atoms with van der Waals surface area (Å²) in [5.41, 5.74) is 0.0426. The van der Waals surface area contributed by atoms with E-state index < -0.39 is 22.1 Å². The van der Waals surface area contributed by atoms with Gasteiger partial charge in [-0.25, -0.2) is 13.2 Å². The standard InChI is InChI=1S/C18H23BrN2O7S/c1-13(17(22)20-4-8-26-9-5-20)28-18(23)15-12-14(2-3-16(15)19)29(24,25)21-6-10-27-11-7-21/h2-3,12-13H,4-11H2,1H3/t13-/m0/s1. The summed E-state index contributed by atoms with van der Waals surface area (Å²) in [7, 11) is -3.76. The minimum atomic E-state index is -3.76. The maximum absolute atomic E-state index is 12.8. The van der Waals surface area contributed by atoms with Crippen molar-refractivity contribution in [1.29, 1.82) is 0 Å². The molecule has 2 saturated heterocycles. The lowest BCUT2D eigenvalue weighted by Crippen LogP contribution is -2.46. The van der Waals surface area contributed by atoms with E-state index in [4.69, 9.17) is 14.2 Å². The predicted molar refractivity (Wildman–Crippen MR) is 106 cm³/mol. The Morgan fingerprint density at radius 1 is 1.07 bits per heavy atom. The molecule has 0 aromatic heterocycles. The van der Waals surface area contributed by atoms with Gasteiger partial charge in [0.25, 0.3) is 5.91 Å². The highest BCUT2D eigenvalue weighted by molar-refractivity contribution is 9.10. The van der Waals surface area contributed by atoms with Gasteiger partial charge in [0, 0.05) is 30.7 Å². The van der Waals surface area contributed by atoms with E-state index in [1.807, 2.05) is 0 Å². The number of sulfonamides is 1. The second-order valence-corrected chi connectivity index (χ2v) is 9.44. The first-order chi connectivity index (χ1) is 13.8. The van der Waals surface area contributed by atoms with Gasteiger partial charge in [0.05, 0.1) is 36.9 Å². The first-order valence-electron chi connectivity index (χ1n) is 9.25. The van der Waals surface area contributed by atoms with E-state index >= 15 is 0 Å². The Bertz CT molecular complexity index is 865. The van der Waals surface area contributed by atoms with Gasteiger partial charge in [-0.2, -0.15) is 4.31 Å². The van der Waals surface area contributed by atoms with Gasteiger partial charge in [0.1, 0.15) is 0 Å². The fourth-order valence-corrected chi connectivity index (χ4v) is 4.92. The summed E-state index contributed by atoms with van der Waals surface area (Å²) in [6, 6.07) is 4.18.